The van der Waals surface area contributed by atoms with Crippen LogP contribution in [0.3, 0.4) is 0 Å². The van der Waals surface area contributed by atoms with Crippen molar-refractivity contribution in [3.63, 3.8) is 0 Å². The largest absolute Gasteiger partial charge is 0.294 e. The molecule has 0 radical (unpaired) electrons. The summed E-state index contributed by atoms with van der Waals surface area (Å²) in [4.78, 5) is 10.2. The summed E-state index contributed by atoms with van der Waals surface area (Å²) >= 11 is 0. The average Bonchev–Trinajstić information content (AvgIpc) is 3.57. The standard InChI is InChI=1S/C36H22N4/c1-2-11-23(12-3-1)29-17-10-20-35(37-29)39-31-18-8-6-14-25(31)28-21-27-24-13-4-5-15-26(24)36-38-30-16-7-9-19-32(30)40(36)34(27)22-33(28)39/h1-22H. The Bertz CT molecular complexity index is 2430. The molecule has 0 aliphatic carbocycles. The topological polar surface area (TPSA) is 35.1 Å². The summed E-state index contributed by atoms with van der Waals surface area (Å²) in [7, 11) is 0. The number of para-hydroxylation sites is 3. The zero-order chi connectivity index (χ0) is 26.2. The molecule has 0 unspecified atom stereocenters. The van der Waals surface area contributed by atoms with E-state index in [0.717, 1.165) is 55.7 Å². The third-order valence-electron chi connectivity index (χ3n) is 8.08. The van der Waals surface area contributed by atoms with Crippen LogP contribution in [0, 0.1) is 0 Å². The summed E-state index contributed by atoms with van der Waals surface area (Å²) in [5.74, 6) is 0.902. The van der Waals surface area contributed by atoms with Gasteiger partial charge in [-0.05, 0) is 47.9 Å². The molecule has 186 valence electrons. The Morgan fingerprint density at radius 3 is 2.00 bits per heavy atom. The van der Waals surface area contributed by atoms with Crippen molar-refractivity contribution in [3.05, 3.63) is 133 Å². The number of aromatic nitrogens is 4. The Morgan fingerprint density at radius 1 is 0.425 bits per heavy atom. The fraction of sp³-hybridized carbons (Fsp3) is 0. The van der Waals surface area contributed by atoms with Crippen LogP contribution in [-0.2, 0) is 0 Å². The summed E-state index contributed by atoms with van der Waals surface area (Å²) < 4.78 is 4.62. The van der Waals surface area contributed by atoms with E-state index in [-0.39, 0.29) is 0 Å². The molecule has 4 heterocycles. The zero-order valence-corrected chi connectivity index (χ0v) is 21.5. The third-order valence-corrected chi connectivity index (χ3v) is 8.08. The molecule has 0 aliphatic rings. The molecule has 40 heavy (non-hydrogen) atoms. The molecule has 5 aromatic carbocycles. The molecule has 0 amide bonds. The number of benzene rings is 5. The minimum absolute atomic E-state index is 0.902. The first-order valence-corrected chi connectivity index (χ1v) is 13.5. The molecular weight excluding hydrogens is 488 g/mol. The van der Waals surface area contributed by atoms with Gasteiger partial charge in [0.2, 0.25) is 0 Å². The van der Waals surface area contributed by atoms with Gasteiger partial charge >= 0.3 is 0 Å². The van der Waals surface area contributed by atoms with Crippen LogP contribution >= 0.6 is 0 Å². The van der Waals surface area contributed by atoms with Gasteiger partial charge in [0, 0.05) is 27.1 Å². The molecule has 0 saturated carbocycles. The van der Waals surface area contributed by atoms with E-state index in [1.165, 1.54) is 21.5 Å². The second kappa shape index (κ2) is 8.01. The average molecular weight is 511 g/mol. The number of fused-ring (bicyclic) bond motifs is 11. The van der Waals surface area contributed by atoms with Crippen molar-refractivity contribution in [2.45, 2.75) is 0 Å². The maximum atomic E-state index is 5.16. The second-order valence-electron chi connectivity index (χ2n) is 10.3. The fourth-order valence-electron chi connectivity index (χ4n) is 6.33. The van der Waals surface area contributed by atoms with Gasteiger partial charge in [-0.25, -0.2) is 9.97 Å². The summed E-state index contributed by atoms with van der Waals surface area (Å²) in [6, 6.07) is 47.0. The number of rotatable bonds is 2. The lowest BCUT2D eigenvalue weighted by Crippen LogP contribution is -1.99. The Morgan fingerprint density at radius 2 is 1.12 bits per heavy atom. The van der Waals surface area contributed by atoms with Crippen molar-refractivity contribution in [2.75, 3.05) is 0 Å². The number of pyridine rings is 2. The lowest BCUT2D eigenvalue weighted by molar-refractivity contribution is 1.08. The van der Waals surface area contributed by atoms with E-state index in [9.17, 15) is 0 Å². The van der Waals surface area contributed by atoms with E-state index in [1.54, 1.807) is 0 Å². The summed E-state index contributed by atoms with van der Waals surface area (Å²) in [5.41, 5.74) is 8.56. The van der Waals surface area contributed by atoms with E-state index < -0.39 is 0 Å². The van der Waals surface area contributed by atoms with Gasteiger partial charge in [0.1, 0.15) is 11.5 Å². The third kappa shape index (κ3) is 2.90. The van der Waals surface area contributed by atoms with E-state index in [1.807, 2.05) is 6.07 Å². The number of hydrogen-bond donors (Lipinski definition) is 0. The van der Waals surface area contributed by atoms with Gasteiger partial charge in [0.15, 0.2) is 0 Å². The molecule has 0 saturated heterocycles. The van der Waals surface area contributed by atoms with E-state index >= 15 is 0 Å². The predicted molar refractivity (Wildman–Crippen MR) is 165 cm³/mol. The van der Waals surface area contributed by atoms with Crippen LogP contribution in [0.1, 0.15) is 0 Å². The lowest BCUT2D eigenvalue weighted by atomic mass is 10.0. The molecule has 0 atom stereocenters. The van der Waals surface area contributed by atoms with Crippen LogP contribution in [0.4, 0.5) is 0 Å². The fourth-order valence-corrected chi connectivity index (χ4v) is 6.33. The Kier molecular flexibility index (Phi) is 4.30. The molecule has 0 spiro atoms. The molecule has 0 N–H and O–H groups in total. The zero-order valence-electron chi connectivity index (χ0n) is 21.5. The Balaban J connectivity index is 1.47. The van der Waals surface area contributed by atoms with E-state index in [2.05, 4.69) is 136 Å². The van der Waals surface area contributed by atoms with Crippen molar-refractivity contribution >= 4 is 60.2 Å². The van der Waals surface area contributed by atoms with Crippen molar-refractivity contribution in [1.82, 2.24) is 18.9 Å². The summed E-state index contributed by atoms with van der Waals surface area (Å²) in [6.45, 7) is 0. The first-order valence-electron chi connectivity index (χ1n) is 13.5. The highest BCUT2D eigenvalue weighted by Gasteiger charge is 2.19. The first-order chi connectivity index (χ1) is 19.8. The molecule has 0 aliphatic heterocycles. The molecule has 9 rings (SSSR count). The maximum absolute atomic E-state index is 5.16. The lowest BCUT2D eigenvalue weighted by Gasteiger charge is -2.12. The van der Waals surface area contributed by atoms with Crippen molar-refractivity contribution in [1.29, 1.82) is 0 Å². The van der Waals surface area contributed by atoms with Gasteiger partial charge in [-0.3, -0.25) is 8.97 Å². The number of hydrogen-bond acceptors (Lipinski definition) is 2. The predicted octanol–water partition coefficient (Wildman–Crippen LogP) is 8.95. The van der Waals surface area contributed by atoms with E-state index in [4.69, 9.17) is 9.97 Å². The number of nitrogens with zero attached hydrogens (tertiary/aromatic N) is 4. The minimum Gasteiger partial charge on any atom is -0.294 e. The van der Waals surface area contributed by atoms with Crippen LogP contribution in [0.15, 0.2) is 133 Å². The highest BCUT2D eigenvalue weighted by atomic mass is 15.1. The van der Waals surface area contributed by atoms with Crippen LogP contribution in [-0.4, -0.2) is 18.9 Å². The minimum atomic E-state index is 0.902. The van der Waals surface area contributed by atoms with Crippen molar-refractivity contribution in [2.24, 2.45) is 0 Å². The normalized spacial score (nSPS) is 12.0. The van der Waals surface area contributed by atoms with Crippen molar-refractivity contribution < 1.29 is 0 Å². The van der Waals surface area contributed by atoms with Gasteiger partial charge in [-0.2, -0.15) is 0 Å². The molecule has 4 heteroatoms. The van der Waals surface area contributed by atoms with Crippen molar-refractivity contribution in [3.8, 4) is 17.1 Å². The quantitative estimate of drug-likeness (QED) is 0.218. The number of imidazole rings is 1. The van der Waals surface area contributed by atoms with Crippen LogP contribution < -0.4 is 0 Å². The summed E-state index contributed by atoms with van der Waals surface area (Å²) in [5, 5.41) is 6.01. The highest BCUT2D eigenvalue weighted by Crippen LogP contribution is 2.39. The monoisotopic (exact) mass is 510 g/mol. The van der Waals surface area contributed by atoms with Gasteiger partial charge in [0.05, 0.1) is 33.3 Å². The highest BCUT2D eigenvalue weighted by molar-refractivity contribution is 6.20. The van der Waals surface area contributed by atoms with Gasteiger partial charge in [-0.1, -0.05) is 91.0 Å². The molecule has 0 bridgehead atoms. The SMILES string of the molecule is c1ccc(-c2cccc(-n3c4ccccc4c4cc5c6ccccc6c6nc7ccccc7n6c5cc43)n2)cc1. The van der Waals surface area contributed by atoms with Gasteiger partial charge < -0.3 is 0 Å². The Labute approximate surface area is 229 Å². The molecule has 9 aromatic rings. The first kappa shape index (κ1) is 21.5. The van der Waals surface area contributed by atoms with Gasteiger partial charge in [0.25, 0.3) is 0 Å². The molecule has 0 fully saturated rings. The molecular formula is C36H22N4. The Hall–Kier alpha value is -5.48. The summed E-state index contributed by atoms with van der Waals surface area (Å²) in [6.07, 6.45) is 0. The van der Waals surface area contributed by atoms with Crippen LogP contribution in [0.25, 0.3) is 77.2 Å². The van der Waals surface area contributed by atoms with Gasteiger partial charge in [-0.15, -0.1) is 0 Å². The smallest absolute Gasteiger partial charge is 0.146 e. The maximum Gasteiger partial charge on any atom is 0.146 e. The molecule has 4 nitrogen and oxygen atoms in total. The molecule has 4 aromatic heterocycles. The van der Waals surface area contributed by atoms with Crippen LogP contribution in [0.5, 0.6) is 0 Å². The van der Waals surface area contributed by atoms with E-state index in [0.29, 0.717) is 0 Å². The van der Waals surface area contributed by atoms with Crippen LogP contribution in [0.2, 0.25) is 0 Å². The second-order valence-corrected chi connectivity index (χ2v) is 10.3.